The number of carbonyl (C=O) groups is 1. The number of piperazine rings is 1. The lowest BCUT2D eigenvalue weighted by Crippen LogP contribution is -2.48. The molecule has 0 aliphatic carbocycles. The molecule has 0 atom stereocenters. The van der Waals surface area contributed by atoms with Crippen LogP contribution in [0.4, 0.5) is 0 Å². The second-order valence-electron chi connectivity index (χ2n) is 7.37. The van der Waals surface area contributed by atoms with Gasteiger partial charge < -0.3 is 29.0 Å². The van der Waals surface area contributed by atoms with E-state index in [2.05, 4.69) is 11.0 Å². The van der Waals surface area contributed by atoms with Crippen molar-refractivity contribution >= 4 is 30.9 Å². The van der Waals surface area contributed by atoms with Crippen LogP contribution in [0.15, 0.2) is 36.4 Å². The van der Waals surface area contributed by atoms with E-state index in [0.717, 1.165) is 24.1 Å². The number of hydrogen-bond acceptors (Lipinski definition) is 7. The van der Waals surface area contributed by atoms with Crippen molar-refractivity contribution in [2.45, 2.75) is 6.61 Å². The number of carbonyl (C=O) groups excluding carboxylic acids is 1. The molecule has 0 unspecified atom stereocenters. The van der Waals surface area contributed by atoms with E-state index in [1.54, 1.807) is 41.3 Å². The molecular weight excluding hydrogens is 421 g/mol. The third kappa shape index (κ3) is 5.29. The van der Waals surface area contributed by atoms with Crippen LogP contribution in [0.2, 0.25) is 0 Å². The molecule has 8 nitrogen and oxygen atoms in total. The summed E-state index contributed by atoms with van der Waals surface area (Å²) in [4.78, 5) is 16.5. The van der Waals surface area contributed by atoms with Gasteiger partial charge in [-0.2, -0.15) is 5.26 Å². The van der Waals surface area contributed by atoms with Crippen molar-refractivity contribution < 1.29 is 23.9 Å². The van der Waals surface area contributed by atoms with Gasteiger partial charge in [-0.25, -0.2) is 0 Å². The zero-order valence-electron chi connectivity index (χ0n) is 17.1. The second kappa shape index (κ2) is 10.0. The number of nitrogens with zero attached hydrogens (tertiary/aromatic N) is 3. The fourth-order valence-corrected chi connectivity index (χ4v) is 3.46. The first-order valence-electron chi connectivity index (χ1n) is 9.77. The largest absolute Gasteiger partial charge is 0.491 e. The Balaban J connectivity index is 0.00000272. The molecule has 0 radical (unpaired) electrons. The molecule has 2 heterocycles. The van der Waals surface area contributed by atoms with Gasteiger partial charge in [0.25, 0.3) is 5.91 Å². The van der Waals surface area contributed by atoms with Crippen LogP contribution in [0.25, 0.3) is 0 Å². The van der Waals surface area contributed by atoms with Gasteiger partial charge >= 0.3 is 7.12 Å². The van der Waals surface area contributed by atoms with E-state index in [1.807, 2.05) is 7.05 Å². The first-order chi connectivity index (χ1) is 14.5. The topological polar surface area (TPSA) is 95.3 Å². The zero-order chi connectivity index (χ0) is 21.1. The van der Waals surface area contributed by atoms with Gasteiger partial charge in [0, 0.05) is 32.2 Å². The molecule has 0 spiro atoms. The number of hydrogen-bond donors (Lipinski definition) is 1. The van der Waals surface area contributed by atoms with Crippen molar-refractivity contribution in [3.05, 3.63) is 47.5 Å². The number of benzene rings is 2. The van der Waals surface area contributed by atoms with Crippen molar-refractivity contribution in [2.75, 3.05) is 39.8 Å². The molecule has 1 fully saturated rings. The molecule has 31 heavy (non-hydrogen) atoms. The summed E-state index contributed by atoms with van der Waals surface area (Å²) in [6.45, 7) is 3.19. The van der Waals surface area contributed by atoms with Gasteiger partial charge in [0.05, 0.1) is 18.2 Å². The van der Waals surface area contributed by atoms with Crippen molar-refractivity contribution in [1.29, 1.82) is 5.26 Å². The average Bonchev–Trinajstić information content (AvgIpc) is 3.13. The summed E-state index contributed by atoms with van der Waals surface area (Å²) in [5.74, 6) is 1.18. The Bertz CT molecular complexity index is 991. The Morgan fingerprint density at radius 1 is 1.19 bits per heavy atom. The molecule has 2 aliphatic heterocycles. The third-order valence-electron chi connectivity index (χ3n) is 5.28. The normalized spacial score (nSPS) is 15.6. The highest BCUT2D eigenvalue weighted by Crippen LogP contribution is 2.33. The molecule has 0 saturated carbocycles. The summed E-state index contributed by atoms with van der Waals surface area (Å²) < 4.78 is 16.9. The summed E-state index contributed by atoms with van der Waals surface area (Å²) in [7, 11) is 1.12. The maximum Gasteiger partial charge on any atom is 0.491 e. The van der Waals surface area contributed by atoms with Gasteiger partial charge in [0.1, 0.15) is 5.75 Å². The van der Waals surface area contributed by atoms with Crippen molar-refractivity contribution in [2.24, 2.45) is 0 Å². The van der Waals surface area contributed by atoms with Crippen molar-refractivity contribution in [1.82, 2.24) is 9.80 Å². The van der Waals surface area contributed by atoms with E-state index in [0.29, 0.717) is 42.5 Å². The highest BCUT2D eigenvalue weighted by molar-refractivity contribution is 6.61. The Morgan fingerprint density at radius 2 is 1.97 bits per heavy atom. The molecule has 0 bridgehead atoms. The minimum absolute atomic E-state index is 0. The van der Waals surface area contributed by atoms with Gasteiger partial charge in [-0.15, -0.1) is 12.4 Å². The molecule has 2 aromatic rings. The maximum absolute atomic E-state index is 12.5. The molecule has 162 valence electrons. The quantitative estimate of drug-likeness (QED) is 0.693. The molecule has 1 saturated heterocycles. The fraction of sp³-hybridized carbons (Fsp3) is 0.333. The predicted octanol–water partition coefficient (Wildman–Crippen LogP) is 1.14. The standard InChI is InChI=1S/C21H22BN3O5.ClH/c1-24-6-8-25(9-7-24)21(26)14-28-20-10-15(12-23)2-5-19(20)30-17-3-4-18-16(11-17)13-29-22(18)27;/h2-5,10-11,27H,6-9,13-14H2,1H3;1H. The number of ether oxygens (including phenoxy) is 2. The van der Waals surface area contributed by atoms with E-state index < -0.39 is 7.12 Å². The Morgan fingerprint density at radius 3 is 2.71 bits per heavy atom. The van der Waals surface area contributed by atoms with Crippen LogP contribution in [-0.2, 0) is 16.1 Å². The highest BCUT2D eigenvalue weighted by atomic mass is 35.5. The summed E-state index contributed by atoms with van der Waals surface area (Å²) in [5, 5.41) is 19.0. The Labute approximate surface area is 187 Å². The van der Waals surface area contributed by atoms with Gasteiger partial charge in [0.2, 0.25) is 0 Å². The van der Waals surface area contributed by atoms with E-state index in [-0.39, 0.29) is 24.9 Å². The lowest BCUT2D eigenvalue weighted by Gasteiger charge is -2.32. The Hall–Kier alpha value is -2.77. The number of likely N-dealkylation sites (N-methyl/N-ethyl adjacent to an activating group) is 1. The van der Waals surface area contributed by atoms with Gasteiger partial charge in [-0.1, -0.05) is 6.07 Å². The van der Waals surface area contributed by atoms with Crippen molar-refractivity contribution in [3.63, 3.8) is 0 Å². The molecule has 0 aromatic heterocycles. The van der Waals surface area contributed by atoms with Crippen molar-refractivity contribution in [3.8, 4) is 23.3 Å². The van der Waals surface area contributed by atoms with Crippen LogP contribution in [0.5, 0.6) is 17.2 Å². The van der Waals surface area contributed by atoms with Gasteiger partial charge in [-0.05, 0) is 42.3 Å². The number of halogens is 1. The van der Waals surface area contributed by atoms with Gasteiger partial charge in [0.15, 0.2) is 18.1 Å². The SMILES string of the molecule is CN1CCN(C(=O)COc2cc(C#N)ccc2Oc2ccc3c(c2)COB3O)CC1.Cl. The average molecular weight is 444 g/mol. The molecule has 10 heteroatoms. The number of nitriles is 1. The summed E-state index contributed by atoms with van der Waals surface area (Å²) in [5.41, 5.74) is 1.98. The highest BCUT2D eigenvalue weighted by Gasteiger charge is 2.27. The molecule has 2 aliphatic rings. The smallest absolute Gasteiger partial charge is 0.480 e. The first kappa shape index (κ1) is 22.9. The number of fused-ring (bicyclic) bond motifs is 1. The summed E-state index contributed by atoms with van der Waals surface area (Å²) >= 11 is 0. The third-order valence-corrected chi connectivity index (χ3v) is 5.28. The monoisotopic (exact) mass is 443 g/mol. The molecule has 1 N–H and O–H groups in total. The van der Waals surface area contributed by atoms with E-state index in [4.69, 9.17) is 14.1 Å². The molecule has 4 rings (SSSR count). The van der Waals surface area contributed by atoms with Crippen LogP contribution in [0.3, 0.4) is 0 Å². The number of amides is 1. The zero-order valence-corrected chi connectivity index (χ0v) is 17.9. The number of rotatable bonds is 5. The van der Waals surface area contributed by atoms with Crippen LogP contribution in [0.1, 0.15) is 11.1 Å². The Kier molecular flexibility index (Phi) is 7.41. The maximum atomic E-state index is 12.5. The lowest BCUT2D eigenvalue weighted by atomic mass is 9.80. The van der Waals surface area contributed by atoms with Crippen LogP contribution in [-0.4, -0.2) is 67.7 Å². The molecular formula is C21H23BClN3O5. The van der Waals surface area contributed by atoms with E-state index in [9.17, 15) is 15.1 Å². The minimum atomic E-state index is -0.913. The second-order valence-corrected chi connectivity index (χ2v) is 7.37. The first-order valence-corrected chi connectivity index (χ1v) is 9.77. The molecule has 2 aromatic carbocycles. The van der Waals surface area contributed by atoms with Crippen LogP contribution >= 0.6 is 12.4 Å². The fourth-order valence-electron chi connectivity index (χ4n) is 3.46. The summed E-state index contributed by atoms with van der Waals surface area (Å²) in [6.07, 6.45) is 0. The summed E-state index contributed by atoms with van der Waals surface area (Å²) in [6, 6.07) is 12.2. The lowest BCUT2D eigenvalue weighted by molar-refractivity contribution is -0.134. The minimum Gasteiger partial charge on any atom is -0.480 e. The van der Waals surface area contributed by atoms with E-state index in [1.165, 1.54) is 0 Å². The van der Waals surface area contributed by atoms with Gasteiger partial charge in [-0.3, -0.25) is 4.79 Å². The van der Waals surface area contributed by atoms with E-state index >= 15 is 0 Å². The molecule has 1 amide bonds. The van der Waals surface area contributed by atoms with Crippen LogP contribution < -0.4 is 14.9 Å². The predicted molar refractivity (Wildman–Crippen MR) is 117 cm³/mol. The van der Waals surface area contributed by atoms with Crippen LogP contribution in [0, 0.1) is 11.3 Å².